The van der Waals surface area contributed by atoms with Crippen LogP contribution in [0.5, 0.6) is 0 Å². The van der Waals surface area contributed by atoms with Gasteiger partial charge in [0.05, 0.1) is 19.0 Å². The molecule has 0 saturated carbocycles. The number of carbonyl (C=O) groups excluding carboxylic acids is 1. The summed E-state index contributed by atoms with van der Waals surface area (Å²) in [4.78, 5) is 10.9. The van der Waals surface area contributed by atoms with Crippen LogP contribution >= 0.6 is 0 Å². The van der Waals surface area contributed by atoms with Crippen molar-refractivity contribution >= 4 is 16.0 Å². The molecule has 6 nitrogen and oxygen atoms in total. The van der Waals surface area contributed by atoms with Gasteiger partial charge in [0.1, 0.15) is 0 Å². The van der Waals surface area contributed by atoms with Gasteiger partial charge in [-0.25, -0.2) is 8.42 Å². The van der Waals surface area contributed by atoms with Gasteiger partial charge in [0.2, 0.25) is 10.0 Å². The molecule has 0 bridgehead atoms. The molecule has 1 N–H and O–H groups in total. The van der Waals surface area contributed by atoms with E-state index < -0.39 is 22.1 Å². The second kappa shape index (κ2) is 6.49. The minimum atomic E-state index is -3.38. The molecular formula is C11H21NO5S. The zero-order chi connectivity index (χ0) is 13.8. The fourth-order valence-electron chi connectivity index (χ4n) is 1.90. The van der Waals surface area contributed by atoms with E-state index in [2.05, 4.69) is 4.74 Å². The molecule has 0 amide bonds. The molecule has 106 valence electrons. The number of nitrogens with zero attached hydrogens (tertiary/aromatic N) is 1. The Morgan fingerprint density at radius 2 is 2.17 bits per heavy atom. The highest BCUT2D eigenvalue weighted by atomic mass is 32.2. The van der Waals surface area contributed by atoms with Crippen molar-refractivity contribution in [1.82, 2.24) is 4.31 Å². The molecule has 0 aromatic heterocycles. The Morgan fingerprint density at radius 1 is 1.50 bits per heavy atom. The molecule has 1 aliphatic heterocycles. The van der Waals surface area contributed by atoms with E-state index in [1.807, 2.05) is 6.92 Å². The molecule has 1 heterocycles. The predicted octanol–water partition coefficient (Wildman–Crippen LogP) is -0.0279. The van der Waals surface area contributed by atoms with E-state index in [0.29, 0.717) is 13.0 Å². The van der Waals surface area contributed by atoms with Gasteiger partial charge in [-0.15, -0.1) is 0 Å². The molecule has 1 fully saturated rings. The van der Waals surface area contributed by atoms with Crippen molar-refractivity contribution in [3.63, 3.8) is 0 Å². The highest BCUT2D eigenvalue weighted by Crippen LogP contribution is 2.20. The van der Waals surface area contributed by atoms with Crippen molar-refractivity contribution in [2.75, 3.05) is 26.0 Å². The van der Waals surface area contributed by atoms with Gasteiger partial charge < -0.3 is 9.84 Å². The molecule has 0 aliphatic carbocycles. The van der Waals surface area contributed by atoms with Gasteiger partial charge >= 0.3 is 5.97 Å². The van der Waals surface area contributed by atoms with Crippen LogP contribution < -0.4 is 0 Å². The molecule has 0 spiro atoms. The van der Waals surface area contributed by atoms with E-state index in [1.165, 1.54) is 11.4 Å². The summed E-state index contributed by atoms with van der Waals surface area (Å²) in [7, 11) is -2.10. The van der Waals surface area contributed by atoms with Crippen LogP contribution in [0.4, 0.5) is 0 Å². The second-order valence-corrected chi connectivity index (χ2v) is 6.78. The lowest BCUT2D eigenvalue weighted by Gasteiger charge is -2.33. The van der Waals surface area contributed by atoms with Gasteiger partial charge in [-0.3, -0.25) is 4.79 Å². The quantitative estimate of drug-likeness (QED) is 0.715. The van der Waals surface area contributed by atoms with Crippen LogP contribution in [0.1, 0.15) is 26.2 Å². The fraction of sp³-hybridized carbons (Fsp3) is 0.909. The number of methoxy groups -OCH3 is 1. The highest BCUT2D eigenvalue weighted by Gasteiger charge is 2.31. The Labute approximate surface area is 108 Å². The summed E-state index contributed by atoms with van der Waals surface area (Å²) in [5.41, 5.74) is 0. The number of hydrogen-bond donors (Lipinski definition) is 1. The zero-order valence-corrected chi connectivity index (χ0v) is 11.6. The molecule has 2 atom stereocenters. The van der Waals surface area contributed by atoms with Crippen LogP contribution in [-0.4, -0.2) is 55.9 Å². The van der Waals surface area contributed by atoms with Crippen LogP contribution in [-0.2, 0) is 19.6 Å². The first-order valence-corrected chi connectivity index (χ1v) is 7.70. The Balaban J connectivity index is 2.46. The van der Waals surface area contributed by atoms with Crippen LogP contribution in [0.15, 0.2) is 0 Å². The van der Waals surface area contributed by atoms with E-state index in [-0.39, 0.29) is 31.1 Å². The van der Waals surface area contributed by atoms with Crippen LogP contribution in [0.25, 0.3) is 0 Å². The Morgan fingerprint density at radius 3 is 2.72 bits per heavy atom. The summed E-state index contributed by atoms with van der Waals surface area (Å²) in [6.45, 7) is 2.51. The summed E-state index contributed by atoms with van der Waals surface area (Å²) in [5.74, 6) is -0.354. The number of aliphatic hydroxyl groups excluding tert-OH is 1. The van der Waals surface area contributed by atoms with Crippen molar-refractivity contribution in [3.05, 3.63) is 0 Å². The van der Waals surface area contributed by atoms with Crippen LogP contribution in [0.2, 0.25) is 0 Å². The minimum Gasteiger partial charge on any atom is -0.469 e. The number of carbonyl (C=O) groups is 1. The number of aliphatic hydroxyl groups is 1. The number of piperidine rings is 1. The van der Waals surface area contributed by atoms with E-state index in [0.717, 1.165) is 0 Å². The predicted molar refractivity (Wildman–Crippen MR) is 66.4 cm³/mol. The average molecular weight is 279 g/mol. The normalized spacial score (nSPS) is 25.9. The lowest BCUT2D eigenvalue weighted by molar-refractivity contribution is -0.140. The van der Waals surface area contributed by atoms with Gasteiger partial charge in [-0.05, 0) is 18.8 Å². The van der Waals surface area contributed by atoms with Crippen LogP contribution in [0.3, 0.4) is 0 Å². The Hall–Kier alpha value is -0.660. The number of rotatable bonds is 5. The zero-order valence-electron chi connectivity index (χ0n) is 10.8. The molecule has 1 rings (SSSR count). The van der Waals surface area contributed by atoms with Crippen molar-refractivity contribution in [2.45, 2.75) is 32.3 Å². The molecule has 1 aliphatic rings. The minimum absolute atomic E-state index is 0.0802. The first-order chi connectivity index (χ1) is 8.36. The third-order valence-electron chi connectivity index (χ3n) is 3.29. The molecule has 7 heteroatoms. The SMILES string of the molecule is COC(=O)CCCS(=O)(=O)N1CCC(C)C(O)C1. The largest absolute Gasteiger partial charge is 0.469 e. The average Bonchev–Trinajstić information content (AvgIpc) is 2.32. The molecule has 2 unspecified atom stereocenters. The van der Waals surface area contributed by atoms with E-state index in [1.54, 1.807) is 0 Å². The fourth-order valence-corrected chi connectivity index (χ4v) is 3.43. The molecule has 1 saturated heterocycles. The monoisotopic (exact) mass is 279 g/mol. The highest BCUT2D eigenvalue weighted by molar-refractivity contribution is 7.89. The number of ether oxygens (including phenoxy) is 1. The number of sulfonamides is 1. The Bertz CT molecular complexity index is 381. The molecular weight excluding hydrogens is 258 g/mol. The maximum atomic E-state index is 12.0. The molecule has 0 aromatic carbocycles. The third kappa shape index (κ3) is 4.22. The maximum Gasteiger partial charge on any atom is 0.305 e. The maximum absolute atomic E-state index is 12.0. The van der Waals surface area contributed by atoms with Crippen molar-refractivity contribution < 1.29 is 23.1 Å². The Kier molecular flexibility index (Phi) is 5.55. The van der Waals surface area contributed by atoms with Crippen molar-refractivity contribution in [3.8, 4) is 0 Å². The van der Waals surface area contributed by atoms with Gasteiger partial charge in [0.25, 0.3) is 0 Å². The van der Waals surface area contributed by atoms with Gasteiger partial charge in [0.15, 0.2) is 0 Å². The summed E-state index contributed by atoms with van der Waals surface area (Å²) < 4.78 is 29.7. The second-order valence-electron chi connectivity index (χ2n) is 4.69. The first kappa shape index (κ1) is 15.4. The van der Waals surface area contributed by atoms with Crippen molar-refractivity contribution in [1.29, 1.82) is 0 Å². The topological polar surface area (TPSA) is 83.9 Å². The summed E-state index contributed by atoms with van der Waals surface area (Å²) in [6, 6.07) is 0. The van der Waals surface area contributed by atoms with Gasteiger partial charge in [-0.2, -0.15) is 4.31 Å². The number of esters is 1. The first-order valence-electron chi connectivity index (χ1n) is 6.09. The van der Waals surface area contributed by atoms with E-state index >= 15 is 0 Å². The molecule has 0 radical (unpaired) electrons. The third-order valence-corrected chi connectivity index (χ3v) is 5.21. The van der Waals surface area contributed by atoms with Crippen molar-refractivity contribution in [2.24, 2.45) is 5.92 Å². The van der Waals surface area contributed by atoms with E-state index in [9.17, 15) is 18.3 Å². The summed E-state index contributed by atoms with van der Waals surface area (Å²) in [6.07, 6.45) is 0.408. The van der Waals surface area contributed by atoms with Gasteiger partial charge in [0, 0.05) is 19.5 Å². The van der Waals surface area contributed by atoms with Gasteiger partial charge in [-0.1, -0.05) is 6.92 Å². The summed E-state index contributed by atoms with van der Waals surface area (Å²) >= 11 is 0. The summed E-state index contributed by atoms with van der Waals surface area (Å²) in [5, 5.41) is 9.68. The van der Waals surface area contributed by atoms with E-state index in [4.69, 9.17) is 0 Å². The standard InChI is InChI=1S/C11H21NO5S/c1-9-5-6-12(8-10(9)13)18(15,16)7-3-4-11(14)17-2/h9-10,13H,3-8H2,1-2H3. The number of hydrogen-bond acceptors (Lipinski definition) is 5. The smallest absolute Gasteiger partial charge is 0.305 e. The molecule has 0 aromatic rings. The molecule has 18 heavy (non-hydrogen) atoms. The van der Waals surface area contributed by atoms with Crippen LogP contribution in [0, 0.1) is 5.92 Å². The number of β-amino-alcohol motifs (C(OH)–C–C–N with tert-alkyl or cyclic N) is 1. The lowest BCUT2D eigenvalue weighted by Crippen LogP contribution is -2.46. The lowest BCUT2D eigenvalue weighted by atomic mass is 9.98.